The molecule has 2 aromatic carbocycles. The molecule has 0 unspecified atom stereocenters. The van der Waals surface area contributed by atoms with Crippen LogP contribution in [-0.2, 0) is 14.8 Å². The number of halogens is 2. The Balaban J connectivity index is 2.30. The number of benzene rings is 2. The van der Waals surface area contributed by atoms with Crippen molar-refractivity contribution < 1.29 is 13.2 Å². The van der Waals surface area contributed by atoms with Crippen LogP contribution in [0.2, 0.25) is 10.0 Å². The van der Waals surface area contributed by atoms with Gasteiger partial charge in [-0.1, -0.05) is 41.4 Å². The number of nitrogens with one attached hydrogen (secondary N) is 1. The predicted molar refractivity (Wildman–Crippen MR) is 113 cm³/mol. The van der Waals surface area contributed by atoms with E-state index in [1.165, 1.54) is 34.9 Å². The van der Waals surface area contributed by atoms with Gasteiger partial charge >= 0.3 is 0 Å². The molecule has 0 spiro atoms. The Bertz CT molecular complexity index is 893. The second-order valence-corrected chi connectivity index (χ2v) is 9.27. The third kappa shape index (κ3) is 5.86. The van der Waals surface area contributed by atoms with Crippen molar-refractivity contribution in [3.8, 4) is 0 Å². The quantitative estimate of drug-likeness (QED) is 0.663. The first-order valence-electron chi connectivity index (χ1n) is 8.05. The zero-order valence-electron chi connectivity index (χ0n) is 14.9. The molecule has 0 bridgehead atoms. The number of likely N-dealkylation sites (N-methyl/N-ethyl adjacent to an activating group) is 1. The van der Waals surface area contributed by atoms with E-state index in [0.717, 1.165) is 0 Å². The van der Waals surface area contributed by atoms with Gasteiger partial charge in [0, 0.05) is 17.8 Å². The van der Waals surface area contributed by atoms with E-state index in [1.807, 2.05) is 24.5 Å². The number of carbonyl (C=O) groups is 1. The molecule has 0 saturated heterocycles. The summed E-state index contributed by atoms with van der Waals surface area (Å²) in [5, 5.41) is 0.285. The Morgan fingerprint density at radius 2 is 1.85 bits per heavy atom. The maximum atomic E-state index is 12.9. The van der Waals surface area contributed by atoms with E-state index in [2.05, 4.69) is 4.72 Å². The van der Waals surface area contributed by atoms with E-state index in [4.69, 9.17) is 23.2 Å². The molecule has 0 aliphatic rings. The number of nitrogens with zero attached hydrogens (tertiary/aromatic N) is 1. The summed E-state index contributed by atoms with van der Waals surface area (Å²) in [5.74, 6) is 0.266. The van der Waals surface area contributed by atoms with Crippen molar-refractivity contribution in [2.75, 3.05) is 24.0 Å². The first-order valence-corrected chi connectivity index (χ1v) is 11.7. The van der Waals surface area contributed by atoms with Crippen LogP contribution in [0.4, 0.5) is 5.69 Å². The van der Waals surface area contributed by atoms with Crippen LogP contribution in [0.25, 0.3) is 0 Å². The number of para-hydroxylation sites is 1. The van der Waals surface area contributed by atoms with Crippen LogP contribution in [0.3, 0.4) is 0 Å². The molecule has 1 amide bonds. The van der Waals surface area contributed by atoms with E-state index >= 15 is 0 Å². The third-order valence-corrected chi connectivity index (χ3v) is 6.70. The fourth-order valence-corrected chi connectivity index (χ4v) is 4.87. The maximum absolute atomic E-state index is 12.9. The first-order chi connectivity index (χ1) is 12.8. The van der Waals surface area contributed by atoms with Crippen molar-refractivity contribution in [2.24, 2.45) is 0 Å². The highest BCUT2D eigenvalue weighted by molar-refractivity contribution is 7.98. The molecule has 0 aromatic heterocycles. The summed E-state index contributed by atoms with van der Waals surface area (Å²) >= 11 is 13.5. The van der Waals surface area contributed by atoms with Gasteiger partial charge in [0.05, 0.1) is 5.02 Å². The third-order valence-electron chi connectivity index (χ3n) is 3.86. The summed E-state index contributed by atoms with van der Waals surface area (Å²) in [4.78, 5) is 14.2. The Labute approximate surface area is 174 Å². The number of hydrogen-bond donors (Lipinski definition) is 1. The Kier molecular flexibility index (Phi) is 8.00. The van der Waals surface area contributed by atoms with E-state index in [0.29, 0.717) is 17.9 Å². The van der Waals surface area contributed by atoms with Crippen molar-refractivity contribution in [3.05, 3.63) is 58.6 Å². The summed E-state index contributed by atoms with van der Waals surface area (Å²) in [6, 6.07) is 12.3. The van der Waals surface area contributed by atoms with Gasteiger partial charge in [-0.25, -0.2) is 8.42 Å². The number of hydrogen-bond acceptors (Lipinski definition) is 4. The summed E-state index contributed by atoms with van der Waals surface area (Å²) in [6.07, 6.45) is 2.24. The van der Waals surface area contributed by atoms with Gasteiger partial charge in [-0.3, -0.25) is 4.79 Å². The minimum atomic E-state index is -4.03. The molecular weight excluding hydrogens is 427 g/mol. The Morgan fingerprint density at radius 3 is 2.48 bits per heavy atom. The van der Waals surface area contributed by atoms with Crippen LogP contribution >= 0.6 is 35.0 Å². The molecule has 0 heterocycles. The van der Waals surface area contributed by atoms with Crippen molar-refractivity contribution in [3.63, 3.8) is 0 Å². The van der Waals surface area contributed by atoms with Gasteiger partial charge in [0.1, 0.15) is 10.9 Å². The molecular formula is C18H20Cl2N2O3S2. The Hall–Kier alpha value is -1.25. The van der Waals surface area contributed by atoms with Gasteiger partial charge in [0.25, 0.3) is 0 Å². The molecule has 0 radical (unpaired) electrons. The number of sulfonamides is 1. The number of anilines is 1. The van der Waals surface area contributed by atoms with E-state index < -0.39 is 16.1 Å². The molecule has 0 aliphatic heterocycles. The van der Waals surface area contributed by atoms with Crippen LogP contribution in [0.1, 0.15) is 6.42 Å². The highest BCUT2D eigenvalue weighted by atomic mass is 35.5. The highest BCUT2D eigenvalue weighted by Gasteiger charge is 2.29. The molecule has 5 nitrogen and oxygen atoms in total. The van der Waals surface area contributed by atoms with Crippen molar-refractivity contribution in [1.29, 1.82) is 0 Å². The maximum Gasteiger partial charge on any atom is 0.244 e. The average Bonchev–Trinajstić information content (AvgIpc) is 2.66. The van der Waals surface area contributed by atoms with Gasteiger partial charge in [-0.15, -0.1) is 0 Å². The number of amides is 1. The van der Waals surface area contributed by atoms with Gasteiger partial charge in [-0.2, -0.15) is 16.5 Å². The van der Waals surface area contributed by atoms with Gasteiger partial charge in [0.2, 0.25) is 15.9 Å². The lowest BCUT2D eigenvalue weighted by Crippen LogP contribution is -2.47. The monoisotopic (exact) mass is 446 g/mol. The van der Waals surface area contributed by atoms with Crippen LogP contribution in [0.15, 0.2) is 53.4 Å². The van der Waals surface area contributed by atoms with Crippen molar-refractivity contribution in [2.45, 2.75) is 17.4 Å². The minimum absolute atomic E-state index is 0.0411. The number of rotatable bonds is 8. The lowest BCUT2D eigenvalue weighted by Gasteiger charge is -2.24. The molecule has 27 heavy (non-hydrogen) atoms. The van der Waals surface area contributed by atoms with Crippen LogP contribution in [0.5, 0.6) is 0 Å². The molecule has 2 aromatic rings. The second kappa shape index (κ2) is 9.80. The lowest BCUT2D eigenvalue weighted by atomic mass is 10.2. The zero-order valence-corrected chi connectivity index (χ0v) is 18.0. The van der Waals surface area contributed by atoms with Gasteiger partial charge in [-0.05, 0) is 48.8 Å². The van der Waals surface area contributed by atoms with Crippen molar-refractivity contribution >= 4 is 56.6 Å². The Morgan fingerprint density at radius 1 is 1.19 bits per heavy atom. The first kappa shape index (κ1) is 22.0. The number of thioether (sulfide) groups is 1. The fraction of sp³-hybridized carbons (Fsp3) is 0.278. The van der Waals surface area contributed by atoms with Gasteiger partial charge in [0.15, 0.2) is 0 Å². The molecule has 9 heteroatoms. The molecule has 0 saturated carbocycles. The van der Waals surface area contributed by atoms with E-state index in [1.54, 1.807) is 19.2 Å². The SMILES string of the molecule is CSCC[C@@H](NS(=O)(=O)c1cc(Cl)ccc1Cl)C(=O)N(C)c1ccccc1. The predicted octanol–water partition coefficient (Wildman–Crippen LogP) is 4.06. The van der Waals surface area contributed by atoms with E-state index in [9.17, 15) is 13.2 Å². The molecule has 1 atom stereocenters. The summed E-state index contributed by atoms with van der Waals surface area (Å²) in [7, 11) is -2.41. The van der Waals surface area contributed by atoms with Crippen molar-refractivity contribution in [1.82, 2.24) is 4.72 Å². The molecule has 0 fully saturated rings. The van der Waals surface area contributed by atoms with Crippen LogP contribution in [0, 0.1) is 0 Å². The highest BCUT2D eigenvalue weighted by Crippen LogP contribution is 2.25. The molecule has 146 valence electrons. The average molecular weight is 447 g/mol. The fourth-order valence-electron chi connectivity index (χ4n) is 2.42. The number of carbonyl (C=O) groups excluding carboxylic acids is 1. The summed E-state index contributed by atoms with van der Waals surface area (Å²) in [6.45, 7) is 0. The summed E-state index contributed by atoms with van der Waals surface area (Å²) < 4.78 is 28.1. The normalized spacial score (nSPS) is 12.6. The van der Waals surface area contributed by atoms with E-state index in [-0.39, 0.29) is 20.8 Å². The molecule has 0 aliphatic carbocycles. The smallest absolute Gasteiger partial charge is 0.244 e. The topological polar surface area (TPSA) is 66.5 Å². The molecule has 1 N–H and O–H groups in total. The molecule has 2 rings (SSSR count). The van der Waals surface area contributed by atoms with Crippen LogP contribution in [-0.4, -0.2) is 39.4 Å². The largest absolute Gasteiger partial charge is 0.314 e. The standard InChI is InChI=1S/C18H20Cl2N2O3S2/c1-22(14-6-4-3-5-7-14)18(23)16(10-11-26-2)21-27(24,25)17-12-13(19)8-9-15(17)20/h3-9,12,16,21H,10-11H2,1-2H3/t16-/m1/s1. The minimum Gasteiger partial charge on any atom is -0.314 e. The van der Waals surface area contributed by atoms with Crippen LogP contribution < -0.4 is 9.62 Å². The zero-order chi connectivity index (χ0) is 20.0. The summed E-state index contributed by atoms with van der Waals surface area (Å²) in [5.41, 5.74) is 0.677. The van der Waals surface area contributed by atoms with Gasteiger partial charge < -0.3 is 4.90 Å². The lowest BCUT2D eigenvalue weighted by molar-refractivity contribution is -0.119. The second-order valence-electron chi connectivity index (χ2n) is 5.76.